The molecule has 5 heteroatoms. The Hall–Kier alpha value is -2.04. The zero-order valence-electron chi connectivity index (χ0n) is 17.5. The van der Waals surface area contributed by atoms with Crippen molar-refractivity contribution in [2.75, 3.05) is 24.3 Å². The highest BCUT2D eigenvalue weighted by Crippen LogP contribution is 2.29. The first-order valence-corrected chi connectivity index (χ1v) is 10.2. The van der Waals surface area contributed by atoms with E-state index in [0.717, 1.165) is 29.8 Å². The first-order chi connectivity index (χ1) is 12.8. The number of anilines is 2. The lowest BCUT2D eigenvalue weighted by molar-refractivity contribution is -0.134. The van der Waals surface area contributed by atoms with Crippen molar-refractivity contribution in [2.24, 2.45) is 5.92 Å². The summed E-state index contributed by atoms with van der Waals surface area (Å²) in [5.74, 6) is 0.151. The second kappa shape index (κ2) is 9.77. The van der Waals surface area contributed by atoms with E-state index in [-0.39, 0.29) is 17.7 Å². The summed E-state index contributed by atoms with van der Waals surface area (Å²) in [6.45, 7) is 6.30. The van der Waals surface area contributed by atoms with Gasteiger partial charge < -0.3 is 15.1 Å². The molecule has 0 atom stereocenters. The molecule has 0 spiro atoms. The lowest BCUT2D eigenvalue weighted by Crippen LogP contribution is -2.40. The number of hydrogen-bond donors (Lipinski definition) is 1. The molecule has 0 aliphatic heterocycles. The van der Waals surface area contributed by atoms with E-state index in [9.17, 15) is 9.59 Å². The van der Waals surface area contributed by atoms with Crippen molar-refractivity contribution in [3.63, 3.8) is 0 Å². The van der Waals surface area contributed by atoms with Gasteiger partial charge in [0.15, 0.2) is 0 Å². The summed E-state index contributed by atoms with van der Waals surface area (Å²) in [5, 5.41) is 2.98. The van der Waals surface area contributed by atoms with E-state index >= 15 is 0 Å². The SMILES string of the molecule is CCC(=O)N(Cc1cc(NC(=O)C(C)C)ccc1N(C)C)C1CCCCC1. The van der Waals surface area contributed by atoms with E-state index in [1.165, 1.54) is 19.3 Å². The molecule has 2 amide bonds. The lowest BCUT2D eigenvalue weighted by atomic mass is 9.93. The van der Waals surface area contributed by atoms with Gasteiger partial charge in [-0.2, -0.15) is 0 Å². The number of carbonyl (C=O) groups excluding carboxylic acids is 2. The van der Waals surface area contributed by atoms with Crippen LogP contribution < -0.4 is 10.2 Å². The fourth-order valence-corrected chi connectivity index (χ4v) is 3.71. The first-order valence-electron chi connectivity index (χ1n) is 10.2. The third-order valence-corrected chi connectivity index (χ3v) is 5.33. The maximum Gasteiger partial charge on any atom is 0.226 e. The van der Waals surface area contributed by atoms with Crippen molar-refractivity contribution in [1.29, 1.82) is 0 Å². The van der Waals surface area contributed by atoms with E-state index in [1.54, 1.807) is 0 Å². The van der Waals surface area contributed by atoms with Crippen LogP contribution in [0.5, 0.6) is 0 Å². The number of amides is 2. The van der Waals surface area contributed by atoms with Gasteiger partial charge in [0.25, 0.3) is 0 Å². The van der Waals surface area contributed by atoms with Crippen molar-refractivity contribution in [3.05, 3.63) is 23.8 Å². The molecule has 1 aliphatic carbocycles. The highest BCUT2D eigenvalue weighted by atomic mass is 16.2. The van der Waals surface area contributed by atoms with Crippen LogP contribution in [0, 0.1) is 5.92 Å². The normalized spacial score (nSPS) is 14.9. The maximum absolute atomic E-state index is 12.7. The molecular weight excluding hydrogens is 338 g/mol. The van der Waals surface area contributed by atoms with Crippen LogP contribution in [0.25, 0.3) is 0 Å². The minimum Gasteiger partial charge on any atom is -0.377 e. The van der Waals surface area contributed by atoms with Crippen LogP contribution >= 0.6 is 0 Å². The molecule has 150 valence electrons. The monoisotopic (exact) mass is 373 g/mol. The van der Waals surface area contributed by atoms with Gasteiger partial charge in [-0.15, -0.1) is 0 Å². The molecule has 1 aromatic carbocycles. The summed E-state index contributed by atoms with van der Waals surface area (Å²) in [4.78, 5) is 28.9. The van der Waals surface area contributed by atoms with Gasteiger partial charge in [-0.1, -0.05) is 40.0 Å². The Morgan fingerprint density at radius 2 is 1.81 bits per heavy atom. The van der Waals surface area contributed by atoms with Gasteiger partial charge in [-0.05, 0) is 36.6 Å². The number of hydrogen-bond acceptors (Lipinski definition) is 3. The quantitative estimate of drug-likeness (QED) is 0.770. The Balaban J connectivity index is 2.30. The van der Waals surface area contributed by atoms with Crippen LogP contribution in [0.1, 0.15) is 64.9 Å². The second-order valence-corrected chi connectivity index (χ2v) is 8.05. The Kier molecular flexibility index (Phi) is 7.69. The molecule has 1 aliphatic rings. The molecule has 2 rings (SSSR count). The summed E-state index contributed by atoms with van der Waals surface area (Å²) < 4.78 is 0. The van der Waals surface area contributed by atoms with E-state index in [4.69, 9.17) is 0 Å². The Morgan fingerprint density at radius 1 is 1.15 bits per heavy atom. The Bertz CT molecular complexity index is 649. The van der Waals surface area contributed by atoms with Crippen LogP contribution in [0.3, 0.4) is 0 Å². The molecule has 1 aromatic rings. The van der Waals surface area contributed by atoms with E-state index in [2.05, 4.69) is 15.1 Å². The Morgan fingerprint density at radius 3 is 2.37 bits per heavy atom. The number of carbonyl (C=O) groups is 2. The zero-order valence-corrected chi connectivity index (χ0v) is 17.5. The molecule has 0 heterocycles. The van der Waals surface area contributed by atoms with Gasteiger partial charge in [0.2, 0.25) is 11.8 Å². The highest BCUT2D eigenvalue weighted by molar-refractivity contribution is 5.92. The fourth-order valence-electron chi connectivity index (χ4n) is 3.71. The molecule has 1 saturated carbocycles. The van der Waals surface area contributed by atoms with Gasteiger partial charge in [0.1, 0.15) is 0 Å². The average molecular weight is 374 g/mol. The molecule has 0 unspecified atom stereocenters. The predicted octanol–water partition coefficient (Wildman–Crippen LogP) is 4.42. The molecule has 0 aromatic heterocycles. The molecule has 0 radical (unpaired) electrons. The van der Waals surface area contributed by atoms with Crippen molar-refractivity contribution >= 4 is 23.2 Å². The van der Waals surface area contributed by atoms with Gasteiger partial charge in [0.05, 0.1) is 0 Å². The van der Waals surface area contributed by atoms with Crippen LogP contribution in [-0.4, -0.2) is 36.9 Å². The summed E-state index contributed by atoms with van der Waals surface area (Å²) in [7, 11) is 4.02. The zero-order chi connectivity index (χ0) is 20.0. The van der Waals surface area contributed by atoms with Gasteiger partial charge >= 0.3 is 0 Å². The lowest BCUT2D eigenvalue weighted by Gasteiger charge is -2.35. The molecule has 0 bridgehead atoms. The van der Waals surface area contributed by atoms with Gasteiger partial charge in [-0.25, -0.2) is 0 Å². The van der Waals surface area contributed by atoms with E-state index < -0.39 is 0 Å². The topological polar surface area (TPSA) is 52.7 Å². The first kappa shape index (κ1) is 21.3. The van der Waals surface area contributed by atoms with Gasteiger partial charge in [0, 0.05) is 50.4 Å². The molecule has 27 heavy (non-hydrogen) atoms. The summed E-state index contributed by atoms with van der Waals surface area (Å²) in [6, 6.07) is 6.32. The second-order valence-electron chi connectivity index (χ2n) is 8.05. The highest BCUT2D eigenvalue weighted by Gasteiger charge is 2.25. The van der Waals surface area contributed by atoms with Crippen LogP contribution in [0.2, 0.25) is 0 Å². The van der Waals surface area contributed by atoms with Crippen LogP contribution in [-0.2, 0) is 16.1 Å². The standard InChI is InChI=1S/C22H35N3O2/c1-6-21(26)25(19-10-8-7-9-11-19)15-17-14-18(23-22(27)16(2)3)12-13-20(17)24(4)5/h12-14,16,19H,6-11,15H2,1-5H3,(H,23,27). The van der Waals surface area contributed by atoms with Gasteiger partial charge in [-0.3, -0.25) is 9.59 Å². The molecular formula is C22H35N3O2. The molecule has 1 fully saturated rings. The third-order valence-electron chi connectivity index (χ3n) is 5.33. The smallest absolute Gasteiger partial charge is 0.226 e. The maximum atomic E-state index is 12.7. The number of nitrogens with zero attached hydrogens (tertiary/aromatic N) is 2. The minimum atomic E-state index is -0.0672. The summed E-state index contributed by atoms with van der Waals surface area (Å²) >= 11 is 0. The van der Waals surface area contributed by atoms with Crippen molar-refractivity contribution in [2.45, 2.75) is 71.9 Å². The van der Waals surface area contributed by atoms with Crippen molar-refractivity contribution < 1.29 is 9.59 Å². The number of benzene rings is 1. The largest absolute Gasteiger partial charge is 0.377 e. The molecule has 0 saturated heterocycles. The number of nitrogens with one attached hydrogen (secondary N) is 1. The van der Waals surface area contributed by atoms with E-state index in [1.807, 2.05) is 53.1 Å². The molecule has 5 nitrogen and oxygen atoms in total. The molecule has 1 N–H and O–H groups in total. The Labute approximate surface area is 164 Å². The fraction of sp³-hybridized carbons (Fsp3) is 0.636. The summed E-state index contributed by atoms with van der Waals surface area (Å²) in [5.41, 5.74) is 2.96. The third kappa shape index (κ3) is 5.72. The minimum absolute atomic E-state index is 0.00678. The predicted molar refractivity (Wildman–Crippen MR) is 112 cm³/mol. The summed E-state index contributed by atoms with van der Waals surface area (Å²) in [6.07, 6.45) is 6.37. The number of rotatable bonds is 7. The average Bonchev–Trinajstić information content (AvgIpc) is 2.66. The van der Waals surface area contributed by atoms with E-state index in [0.29, 0.717) is 19.0 Å². The van der Waals surface area contributed by atoms with Crippen molar-refractivity contribution in [3.8, 4) is 0 Å². The van der Waals surface area contributed by atoms with Crippen LogP contribution in [0.15, 0.2) is 18.2 Å². The van der Waals surface area contributed by atoms with Crippen molar-refractivity contribution in [1.82, 2.24) is 4.90 Å². The van der Waals surface area contributed by atoms with Crippen LogP contribution in [0.4, 0.5) is 11.4 Å².